The molecule has 2 aromatic rings. The molecule has 0 amide bonds. The molecule has 0 bridgehead atoms. The van der Waals surface area contributed by atoms with Crippen molar-refractivity contribution in [1.29, 1.82) is 0 Å². The number of fused-ring (bicyclic) bond motifs is 1. The fraction of sp³-hybridized carbons (Fsp3) is 0.250. The van der Waals surface area contributed by atoms with Crippen molar-refractivity contribution in [2.24, 2.45) is 0 Å². The number of rotatable bonds is 2. The second kappa shape index (κ2) is 4.52. The number of hydrogen-bond acceptors (Lipinski definition) is 0. The Morgan fingerprint density at radius 2 is 2.20 bits per heavy atom. The number of aryl methyl sites for hydroxylation is 1. The number of hydrogen-bond donors (Lipinski definition) is 0. The normalized spacial score (nSPS) is 12.3. The van der Waals surface area contributed by atoms with Crippen molar-refractivity contribution in [3.05, 3.63) is 33.9 Å². The molecule has 78 valence electrons. The Kier molecular flexibility index (Phi) is 3.30. The second-order valence-corrected chi connectivity index (χ2v) is 6.21. The van der Waals surface area contributed by atoms with Crippen LogP contribution in [0.4, 0.5) is 0 Å². The van der Waals surface area contributed by atoms with E-state index in [4.69, 9.17) is 11.6 Å². The molecule has 15 heavy (non-hydrogen) atoms. The maximum atomic E-state index is 5.95. The molecule has 1 nitrogen and oxygen atoms in total. The topological polar surface area (TPSA) is 3.88 Å². The molecule has 0 saturated heterocycles. The number of aromatic nitrogens is 1. The SMILES string of the molecule is CC[n+]1c(C=C(C)Cl)[se]c2ccccc21. The Morgan fingerprint density at radius 3 is 2.87 bits per heavy atom. The number of allylic oxidation sites excluding steroid dienone is 1. The molecule has 0 spiro atoms. The Labute approximate surface area is 101 Å². The molecule has 1 heterocycles. The summed E-state index contributed by atoms with van der Waals surface area (Å²) in [6, 6.07) is 8.60. The van der Waals surface area contributed by atoms with Gasteiger partial charge in [-0.1, -0.05) is 0 Å². The third-order valence-electron chi connectivity index (χ3n) is 2.28. The first-order valence-electron chi connectivity index (χ1n) is 4.97. The van der Waals surface area contributed by atoms with Crippen molar-refractivity contribution in [3.63, 3.8) is 0 Å². The fourth-order valence-corrected chi connectivity index (χ4v) is 4.48. The number of nitrogens with zero attached hydrogens (tertiary/aromatic N) is 1. The van der Waals surface area contributed by atoms with Crippen molar-refractivity contribution in [2.45, 2.75) is 20.4 Å². The van der Waals surface area contributed by atoms with Crippen molar-refractivity contribution in [2.75, 3.05) is 0 Å². The van der Waals surface area contributed by atoms with Gasteiger partial charge in [0.1, 0.15) is 0 Å². The molecule has 0 aliphatic heterocycles. The zero-order valence-electron chi connectivity index (χ0n) is 8.83. The second-order valence-electron chi connectivity index (χ2n) is 3.38. The average molecular weight is 286 g/mol. The van der Waals surface area contributed by atoms with E-state index in [1.807, 2.05) is 6.92 Å². The zero-order valence-corrected chi connectivity index (χ0v) is 11.3. The van der Waals surface area contributed by atoms with Crippen molar-refractivity contribution in [3.8, 4) is 0 Å². The van der Waals surface area contributed by atoms with E-state index >= 15 is 0 Å². The molecular formula is C12H13ClNSe+. The zero-order chi connectivity index (χ0) is 10.8. The van der Waals surface area contributed by atoms with E-state index in [2.05, 4.69) is 41.8 Å². The van der Waals surface area contributed by atoms with Gasteiger partial charge in [-0.25, -0.2) is 0 Å². The molecule has 1 aromatic heterocycles. The molecule has 2 rings (SSSR count). The first-order valence-corrected chi connectivity index (χ1v) is 7.06. The summed E-state index contributed by atoms with van der Waals surface area (Å²) < 4.78 is 5.16. The molecule has 0 aliphatic carbocycles. The molecule has 0 fully saturated rings. The van der Waals surface area contributed by atoms with Gasteiger partial charge in [0.05, 0.1) is 0 Å². The number of halogens is 1. The van der Waals surface area contributed by atoms with E-state index in [0.717, 1.165) is 11.6 Å². The Bertz CT molecular complexity index is 509. The van der Waals surface area contributed by atoms with Gasteiger partial charge in [0.25, 0.3) is 0 Å². The number of para-hydroxylation sites is 1. The minimum absolute atomic E-state index is 0.406. The van der Waals surface area contributed by atoms with Gasteiger partial charge in [-0.15, -0.1) is 0 Å². The van der Waals surface area contributed by atoms with Gasteiger partial charge >= 0.3 is 101 Å². The maximum absolute atomic E-state index is 5.95. The van der Waals surface area contributed by atoms with Crippen LogP contribution in [0.3, 0.4) is 0 Å². The van der Waals surface area contributed by atoms with E-state index in [1.165, 1.54) is 14.3 Å². The van der Waals surface area contributed by atoms with E-state index in [0.29, 0.717) is 14.5 Å². The molecule has 0 N–H and O–H groups in total. The van der Waals surface area contributed by atoms with Crippen molar-refractivity contribution >= 4 is 42.0 Å². The summed E-state index contributed by atoms with van der Waals surface area (Å²) in [7, 11) is 0. The van der Waals surface area contributed by atoms with Crippen LogP contribution in [0.1, 0.15) is 18.4 Å². The van der Waals surface area contributed by atoms with Crippen LogP contribution >= 0.6 is 11.6 Å². The van der Waals surface area contributed by atoms with E-state index in [-0.39, 0.29) is 0 Å². The van der Waals surface area contributed by atoms with Crippen LogP contribution in [0.5, 0.6) is 0 Å². The van der Waals surface area contributed by atoms with E-state index in [9.17, 15) is 0 Å². The molecule has 1 aromatic carbocycles. The van der Waals surface area contributed by atoms with Crippen LogP contribution in [-0.4, -0.2) is 14.5 Å². The van der Waals surface area contributed by atoms with Gasteiger partial charge in [-0.2, -0.15) is 0 Å². The Morgan fingerprint density at radius 1 is 1.47 bits per heavy atom. The third-order valence-corrected chi connectivity index (χ3v) is 4.72. The van der Waals surface area contributed by atoms with Gasteiger partial charge in [0.15, 0.2) is 0 Å². The van der Waals surface area contributed by atoms with Crippen LogP contribution in [0.2, 0.25) is 0 Å². The third kappa shape index (κ3) is 2.17. The van der Waals surface area contributed by atoms with Gasteiger partial charge in [0.2, 0.25) is 0 Å². The summed E-state index contributed by atoms with van der Waals surface area (Å²) in [6.45, 7) is 5.12. The molecule has 0 aliphatic rings. The summed E-state index contributed by atoms with van der Waals surface area (Å²) in [6.07, 6.45) is 2.09. The summed E-state index contributed by atoms with van der Waals surface area (Å²) in [4.78, 5) is 0. The predicted molar refractivity (Wildman–Crippen MR) is 66.3 cm³/mol. The minimum atomic E-state index is 0.406. The molecule has 0 atom stereocenters. The van der Waals surface area contributed by atoms with Gasteiger partial charge in [-0.05, 0) is 0 Å². The summed E-state index contributed by atoms with van der Waals surface area (Å²) >= 11 is 6.35. The van der Waals surface area contributed by atoms with Crippen molar-refractivity contribution < 1.29 is 4.57 Å². The van der Waals surface area contributed by atoms with Crippen LogP contribution in [0, 0.1) is 0 Å². The van der Waals surface area contributed by atoms with Crippen LogP contribution in [0.25, 0.3) is 15.9 Å². The molecule has 3 heteroatoms. The van der Waals surface area contributed by atoms with Crippen LogP contribution in [0.15, 0.2) is 29.3 Å². The predicted octanol–water partition coefficient (Wildman–Crippen LogP) is 2.80. The molecule has 0 saturated carbocycles. The Balaban J connectivity index is 2.69. The van der Waals surface area contributed by atoms with Crippen LogP contribution in [-0.2, 0) is 6.54 Å². The average Bonchev–Trinajstić information content (AvgIpc) is 2.53. The van der Waals surface area contributed by atoms with Crippen molar-refractivity contribution in [1.82, 2.24) is 0 Å². The van der Waals surface area contributed by atoms with Gasteiger partial charge < -0.3 is 0 Å². The van der Waals surface area contributed by atoms with Gasteiger partial charge in [-0.3, -0.25) is 0 Å². The first kappa shape index (κ1) is 10.9. The number of benzene rings is 1. The molecular weight excluding hydrogens is 273 g/mol. The summed E-state index contributed by atoms with van der Waals surface area (Å²) in [5.41, 5.74) is 1.35. The Hall–Kier alpha value is -0.561. The van der Waals surface area contributed by atoms with Crippen LogP contribution < -0.4 is 4.57 Å². The van der Waals surface area contributed by atoms with E-state index < -0.39 is 0 Å². The fourth-order valence-electron chi connectivity index (χ4n) is 1.66. The molecule has 0 radical (unpaired) electrons. The standard InChI is InChI=1S/C12H13ClNSe/c1-3-14-10-6-4-5-7-11(10)15-12(14)8-9(2)13/h4-8H,3H2,1-2H3/q+1. The first-order chi connectivity index (χ1) is 7.22. The summed E-state index contributed by atoms with van der Waals surface area (Å²) in [5.74, 6) is 0. The molecule has 0 unspecified atom stereocenters. The summed E-state index contributed by atoms with van der Waals surface area (Å²) in [5, 5.41) is 0.859. The quantitative estimate of drug-likeness (QED) is 0.590. The monoisotopic (exact) mass is 286 g/mol. The van der Waals surface area contributed by atoms with Gasteiger partial charge in [0, 0.05) is 0 Å². The van der Waals surface area contributed by atoms with E-state index in [1.54, 1.807) is 0 Å².